The molecular formula is C19H21N5O2. The molecule has 0 radical (unpaired) electrons. The Morgan fingerprint density at radius 3 is 2.73 bits per heavy atom. The summed E-state index contributed by atoms with van der Waals surface area (Å²) in [6, 6.07) is 9.46. The summed E-state index contributed by atoms with van der Waals surface area (Å²) in [5, 5.41) is 8.10. The third kappa shape index (κ3) is 3.37. The number of carbonyl (C=O) groups excluding carboxylic acids is 1. The van der Waals surface area contributed by atoms with Gasteiger partial charge in [0, 0.05) is 31.9 Å². The van der Waals surface area contributed by atoms with E-state index in [1.807, 2.05) is 48.4 Å². The van der Waals surface area contributed by atoms with Crippen molar-refractivity contribution in [3.63, 3.8) is 0 Å². The van der Waals surface area contributed by atoms with Crippen LogP contribution in [0.15, 0.2) is 47.2 Å². The molecule has 0 saturated carbocycles. The molecule has 26 heavy (non-hydrogen) atoms. The first-order valence-corrected chi connectivity index (χ1v) is 8.88. The number of hydrogen-bond donors (Lipinski definition) is 0. The molecule has 3 aromatic rings. The molecule has 1 aliphatic heterocycles. The number of benzene rings is 1. The van der Waals surface area contributed by atoms with E-state index >= 15 is 0 Å². The van der Waals surface area contributed by atoms with Crippen molar-refractivity contribution >= 4 is 5.91 Å². The second kappa shape index (κ2) is 7.11. The molecule has 134 valence electrons. The van der Waals surface area contributed by atoms with E-state index in [2.05, 4.69) is 15.2 Å². The summed E-state index contributed by atoms with van der Waals surface area (Å²) >= 11 is 0. The molecule has 0 aliphatic carbocycles. The fraction of sp³-hybridized carbons (Fsp3) is 0.368. The maximum atomic E-state index is 13.0. The SMILES string of the molecule is Cc1noc(CC2CCN(C(=O)c3ccccc3-n3cccn3)CC2)n1. The molecule has 7 heteroatoms. The van der Waals surface area contributed by atoms with E-state index in [4.69, 9.17) is 4.52 Å². The van der Waals surface area contributed by atoms with Crippen LogP contribution in [-0.2, 0) is 6.42 Å². The van der Waals surface area contributed by atoms with Crippen LogP contribution in [0.2, 0.25) is 0 Å². The molecule has 0 bridgehead atoms. The van der Waals surface area contributed by atoms with Gasteiger partial charge in [-0.15, -0.1) is 0 Å². The number of rotatable bonds is 4. The molecular weight excluding hydrogens is 330 g/mol. The fourth-order valence-corrected chi connectivity index (χ4v) is 3.45. The molecule has 7 nitrogen and oxygen atoms in total. The van der Waals surface area contributed by atoms with Gasteiger partial charge < -0.3 is 9.42 Å². The molecule has 2 aromatic heterocycles. The van der Waals surface area contributed by atoms with E-state index in [1.54, 1.807) is 10.9 Å². The molecule has 0 unspecified atom stereocenters. The van der Waals surface area contributed by atoms with E-state index in [1.165, 1.54) is 0 Å². The van der Waals surface area contributed by atoms with Crippen molar-refractivity contribution in [2.75, 3.05) is 13.1 Å². The van der Waals surface area contributed by atoms with Crippen molar-refractivity contribution < 1.29 is 9.32 Å². The van der Waals surface area contributed by atoms with Gasteiger partial charge in [-0.3, -0.25) is 4.79 Å². The summed E-state index contributed by atoms with van der Waals surface area (Å²) in [6.07, 6.45) is 6.23. The molecule has 1 aromatic carbocycles. The van der Waals surface area contributed by atoms with Gasteiger partial charge in [0.2, 0.25) is 5.89 Å². The van der Waals surface area contributed by atoms with Gasteiger partial charge in [-0.25, -0.2) is 4.68 Å². The third-order valence-electron chi connectivity index (χ3n) is 4.82. The summed E-state index contributed by atoms with van der Waals surface area (Å²) in [4.78, 5) is 19.2. The van der Waals surface area contributed by atoms with E-state index in [9.17, 15) is 4.79 Å². The number of para-hydroxylation sites is 1. The minimum Gasteiger partial charge on any atom is -0.339 e. The lowest BCUT2D eigenvalue weighted by Gasteiger charge is -2.32. The van der Waals surface area contributed by atoms with Crippen molar-refractivity contribution in [1.82, 2.24) is 24.8 Å². The van der Waals surface area contributed by atoms with E-state index < -0.39 is 0 Å². The maximum absolute atomic E-state index is 13.0. The number of hydrogen-bond acceptors (Lipinski definition) is 5. The zero-order valence-electron chi connectivity index (χ0n) is 14.7. The average Bonchev–Trinajstić information content (AvgIpc) is 3.34. The predicted octanol–water partition coefficient (Wildman–Crippen LogP) is 2.66. The Hall–Kier alpha value is -2.96. The Morgan fingerprint density at radius 2 is 2.04 bits per heavy atom. The summed E-state index contributed by atoms with van der Waals surface area (Å²) in [6.45, 7) is 3.31. The van der Waals surface area contributed by atoms with Gasteiger partial charge in [-0.05, 0) is 43.9 Å². The first-order chi connectivity index (χ1) is 12.7. The van der Waals surface area contributed by atoms with Crippen LogP contribution in [0.4, 0.5) is 0 Å². The smallest absolute Gasteiger partial charge is 0.256 e. The average molecular weight is 351 g/mol. The highest BCUT2D eigenvalue weighted by Crippen LogP contribution is 2.24. The molecule has 0 atom stereocenters. The number of piperidine rings is 1. The van der Waals surface area contributed by atoms with Crippen molar-refractivity contribution in [2.45, 2.75) is 26.2 Å². The highest BCUT2D eigenvalue weighted by molar-refractivity contribution is 5.97. The van der Waals surface area contributed by atoms with Gasteiger partial charge in [-0.2, -0.15) is 10.1 Å². The van der Waals surface area contributed by atoms with Crippen LogP contribution in [0, 0.1) is 12.8 Å². The van der Waals surface area contributed by atoms with Crippen LogP contribution >= 0.6 is 0 Å². The number of carbonyl (C=O) groups is 1. The molecule has 0 N–H and O–H groups in total. The molecule has 1 aliphatic rings. The highest BCUT2D eigenvalue weighted by atomic mass is 16.5. The van der Waals surface area contributed by atoms with Crippen molar-refractivity contribution in [3.8, 4) is 5.69 Å². The Bertz CT molecular complexity index is 879. The molecule has 1 amide bonds. The zero-order chi connectivity index (χ0) is 17.9. The minimum atomic E-state index is 0.0585. The van der Waals surface area contributed by atoms with E-state index in [0.717, 1.165) is 38.0 Å². The van der Waals surface area contributed by atoms with Gasteiger partial charge >= 0.3 is 0 Å². The molecule has 3 heterocycles. The Morgan fingerprint density at radius 1 is 1.23 bits per heavy atom. The first-order valence-electron chi connectivity index (χ1n) is 8.88. The predicted molar refractivity (Wildman–Crippen MR) is 94.9 cm³/mol. The third-order valence-corrected chi connectivity index (χ3v) is 4.82. The van der Waals surface area contributed by atoms with E-state index in [0.29, 0.717) is 23.2 Å². The second-order valence-corrected chi connectivity index (χ2v) is 6.64. The van der Waals surface area contributed by atoms with Crippen molar-refractivity contribution in [1.29, 1.82) is 0 Å². The largest absolute Gasteiger partial charge is 0.339 e. The van der Waals surface area contributed by atoms with E-state index in [-0.39, 0.29) is 5.91 Å². The second-order valence-electron chi connectivity index (χ2n) is 6.64. The minimum absolute atomic E-state index is 0.0585. The van der Waals surface area contributed by atoms with Crippen LogP contribution in [0.1, 0.15) is 34.9 Å². The first kappa shape index (κ1) is 16.5. The molecule has 1 fully saturated rings. The molecule has 0 spiro atoms. The normalized spacial score (nSPS) is 15.3. The van der Waals surface area contributed by atoms with Crippen molar-refractivity contribution in [2.24, 2.45) is 5.92 Å². The Labute approximate surface area is 151 Å². The van der Waals surface area contributed by atoms with Gasteiger partial charge in [0.1, 0.15) is 0 Å². The lowest BCUT2D eigenvalue weighted by molar-refractivity contribution is 0.0687. The number of nitrogens with zero attached hydrogens (tertiary/aromatic N) is 5. The lowest BCUT2D eigenvalue weighted by atomic mass is 9.93. The van der Waals surface area contributed by atoms with Crippen LogP contribution < -0.4 is 0 Å². The topological polar surface area (TPSA) is 77.0 Å². The summed E-state index contributed by atoms with van der Waals surface area (Å²) in [5.74, 6) is 1.89. The quantitative estimate of drug-likeness (QED) is 0.722. The number of aromatic nitrogens is 4. The zero-order valence-corrected chi connectivity index (χ0v) is 14.7. The van der Waals surface area contributed by atoms with Gasteiger partial charge in [-0.1, -0.05) is 17.3 Å². The Balaban J connectivity index is 1.43. The monoisotopic (exact) mass is 351 g/mol. The molecule has 4 rings (SSSR count). The summed E-state index contributed by atoms with van der Waals surface area (Å²) in [7, 11) is 0. The van der Waals surface area contributed by atoms with Gasteiger partial charge in [0.25, 0.3) is 5.91 Å². The molecule has 1 saturated heterocycles. The van der Waals surface area contributed by atoms with Crippen LogP contribution in [0.5, 0.6) is 0 Å². The lowest BCUT2D eigenvalue weighted by Crippen LogP contribution is -2.39. The van der Waals surface area contributed by atoms with Gasteiger partial charge in [0.05, 0.1) is 11.3 Å². The van der Waals surface area contributed by atoms with Crippen LogP contribution in [-0.4, -0.2) is 43.8 Å². The maximum Gasteiger partial charge on any atom is 0.256 e. The highest BCUT2D eigenvalue weighted by Gasteiger charge is 2.26. The van der Waals surface area contributed by atoms with Crippen molar-refractivity contribution in [3.05, 3.63) is 60.0 Å². The fourth-order valence-electron chi connectivity index (χ4n) is 3.45. The standard InChI is InChI=1S/C19H21N5O2/c1-14-21-18(26-22-14)13-15-7-11-23(12-8-15)19(25)16-5-2-3-6-17(16)24-10-4-9-20-24/h2-6,9-10,15H,7-8,11-13H2,1H3. The summed E-state index contributed by atoms with van der Waals surface area (Å²) < 4.78 is 6.95. The number of likely N-dealkylation sites (tertiary alicyclic amines) is 1. The van der Waals surface area contributed by atoms with Crippen LogP contribution in [0.25, 0.3) is 5.69 Å². The summed E-state index contributed by atoms with van der Waals surface area (Å²) in [5.41, 5.74) is 1.49. The number of amides is 1. The number of aryl methyl sites for hydroxylation is 1. The Kier molecular flexibility index (Phi) is 4.51. The van der Waals surface area contributed by atoms with Crippen LogP contribution in [0.3, 0.4) is 0 Å². The van der Waals surface area contributed by atoms with Gasteiger partial charge in [0.15, 0.2) is 5.82 Å².